The van der Waals surface area contributed by atoms with Crippen LogP contribution in [-0.4, -0.2) is 42.8 Å². The number of hydrogen-bond acceptors (Lipinski definition) is 5. The molecule has 3 heterocycles. The molecule has 3 aromatic heterocycles. The average molecular weight is 506 g/mol. The van der Waals surface area contributed by atoms with Crippen molar-refractivity contribution in [1.82, 2.24) is 30.3 Å². The number of pyridine rings is 1. The van der Waals surface area contributed by atoms with Crippen LogP contribution in [0.1, 0.15) is 60.0 Å². The van der Waals surface area contributed by atoms with E-state index in [-0.39, 0.29) is 23.3 Å². The highest BCUT2D eigenvalue weighted by atomic mass is 19.1. The molecule has 194 valence electrons. The van der Waals surface area contributed by atoms with Crippen LogP contribution in [0, 0.1) is 25.7 Å². The lowest BCUT2D eigenvalue weighted by Crippen LogP contribution is -2.49. The van der Waals surface area contributed by atoms with E-state index in [2.05, 4.69) is 44.1 Å². The number of halogens is 1. The zero-order valence-electron chi connectivity index (χ0n) is 21.1. The largest absolute Gasteiger partial charge is 0.339 e. The van der Waals surface area contributed by atoms with E-state index in [0.717, 1.165) is 43.4 Å². The number of carbonyl (C=O) groups is 2. The van der Waals surface area contributed by atoms with Gasteiger partial charge in [0.1, 0.15) is 11.7 Å². The van der Waals surface area contributed by atoms with E-state index in [4.69, 9.17) is 0 Å². The molecule has 1 aliphatic carbocycles. The van der Waals surface area contributed by atoms with Gasteiger partial charge in [0.15, 0.2) is 0 Å². The third-order valence-corrected chi connectivity index (χ3v) is 6.85. The molecule has 1 aliphatic rings. The van der Waals surface area contributed by atoms with Gasteiger partial charge in [-0.15, -0.1) is 13.2 Å². The maximum Gasteiger partial charge on any atom is 0.270 e. The summed E-state index contributed by atoms with van der Waals surface area (Å²) < 4.78 is 16.5. The average Bonchev–Trinajstić information content (AvgIpc) is 3.51. The third-order valence-electron chi connectivity index (χ3n) is 6.85. The molecule has 9 nitrogen and oxygen atoms in total. The first-order chi connectivity index (χ1) is 17.8. The minimum absolute atomic E-state index is 0.0500. The Hall–Kier alpha value is -4.08. The second-order valence-corrected chi connectivity index (χ2v) is 9.31. The summed E-state index contributed by atoms with van der Waals surface area (Å²) in [4.78, 5) is 30.8. The Morgan fingerprint density at radius 3 is 2.51 bits per heavy atom. The molecular formula is C27H32FN7O2. The fraction of sp³-hybridized carbons (Fsp3) is 0.370. The number of carbonyl (C=O) groups excluding carboxylic acids is 2. The van der Waals surface area contributed by atoms with Crippen molar-refractivity contribution in [2.75, 3.05) is 5.32 Å². The first-order valence-electron chi connectivity index (χ1n) is 12.4. The van der Waals surface area contributed by atoms with Gasteiger partial charge in [-0.1, -0.05) is 31.4 Å². The Balaban J connectivity index is 1.56. The van der Waals surface area contributed by atoms with E-state index < -0.39 is 23.8 Å². The molecule has 1 saturated carbocycles. The second-order valence-electron chi connectivity index (χ2n) is 9.31. The molecule has 4 rings (SSSR count). The van der Waals surface area contributed by atoms with Crippen LogP contribution >= 0.6 is 0 Å². The molecule has 0 unspecified atom stereocenters. The highest BCUT2D eigenvalue weighted by Gasteiger charge is 2.33. The SMILES string of the molecule is C=CC(C=C)n1nccc1C(=O)N[C@H](C(=O)Nc1ccc(-c2c(C)n[nH]c2C)nc1F)C1CCCCC1. The molecule has 1 fully saturated rings. The normalized spacial score (nSPS) is 14.8. The summed E-state index contributed by atoms with van der Waals surface area (Å²) in [6.07, 6.45) is 9.34. The van der Waals surface area contributed by atoms with Gasteiger partial charge in [-0.25, -0.2) is 9.67 Å². The number of amides is 2. The zero-order chi connectivity index (χ0) is 26.5. The maximum atomic E-state index is 15.0. The van der Waals surface area contributed by atoms with Crippen molar-refractivity contribution >= 4 is 17.5 Å². The van der Waals surface area contributed by atoms with E-state index in [9.17, 15) is 9.59 Å². The highest BCUT2D eigenvalue weighted by Crippen LogP contribution is 2.29. The quantitative estimate of drug-likeness (QED) is 0.289. The van der Waals surface area contributed by atoms with Crippen molar-refractivity contribution in [3.05, 3.63) is 72.7 Å². The van der Waals surface area contributed by atoms with E-state index in [1.165, 1.54) is 16.9 Å². The van der Waals surface area contributed by atoms with E-state index in [1.807, 2.05) is 13.8 Å². The molecule has 10 heteroatoms. The maximum absolute atomic E-state index is 15.0. The summed E-state index contributed by atoms with van der Waals surface area (Å²) in [6, 6.07) is 3.47. The summed E-state index contributed by atoms with van der Waals surface area (Å²) >= 11 is 0. The van der Waals surface area contributed by atoms with Crippen LogP contribution in [0.2, 0.25) is 0 Å². The van der Waals surface area contributed by atoms with Crippen molar-refractivity contribution in [2.24, 2.45) is 5.92 Å². The summed E-state index contributed by atoms with van der Waals surface area (Å²) in [5.41, 5.74) is 2.85. The smallest absolute Gasteiger partial charge is 0.270 e. The fourth-order valence-electron chi connectivity index (χ4n) is 4.91. The number of nitrogens with zero attached hydrogens (tertiary/aromatic N) is 4. The molecule has 0 bridgehead atoms. The molecule has 0 radical (unpaired) electrons. The predicted octanol–water partition coefficient (Wildman–Crippen LogP) is 4.65. The lowest BCUT2D eigenvalue weighted by Gasteiger charge is -2.30. The van der Waals surface area contributed by atoms with E-state index in [0.29, 0.717) is 11.4 Å². The second kappa shape index (κ2) is 11.3. The van der Waals surface area contributed by atoms with Gasteiger partial charge in [-0.2, -0.15) is 14.6 Å². The predicted molar refractivity (Wildman–Crippen MR) is 139 cm³/mol. The number of allylic oxidation sites excluding steroid dienone is 2. The summed E-state index contributed by atoms with van der Waals surface area (Å²) in [5.74, 6) is -1.82. The molecule has 2 amide bonds. The van der Waals surface area contributed by atoms with Gasteiger partial charge in [0, 0.05) is 17.5 Å². The van der Waals surface area contributed by atoms with E-state index in [1.54, 1.807) is 24.3 Å². The van der Waals surface area contributed by atoms with Gasteiger partial charge in [0.05, 0.1) is 23.1 Å². The molecular weight excluding hydrogens is 473 g/mol. The zero-order valence-corrected chi connectivity index (χ0v) is 21.1. The van der Waals surface area contributed by atoms with Crippen molar-refractivity contribution < 1.29 is 14.0 Å². The number of aromatic amines is 1. The number of H-pyrrole nitrogens is 1. The number of nitrogens with one attached hydrogen (secondary N) is 3. The third kappa shape index (κ3) is 5.52. The molecule has 0 aliphatic heterocycles. The van der Waals surface area contributed by atoms with Crippen LogP contribution < -0.4 is 10.6 Å². The number of rotatable bonds is 9. The van der Waals surface area contributed by atoms with Gasteiger partial charge < -0.3 is 10.6 Å². The Morgan fingerprint density at radius 2 is 1.89 bits per heavy atom. The molecule has 1 atom stereocenters. The van der Waals surface area contributed by atoms with Crippen molar-refractivity contribution in [2.45, 2.75) is 58.0 Å². The van der Waals surface area contributed by atoms with Crippen LogP contribution in [-0.2, 0) is 4.79 Å². The molecule has 37 heavy (non-hydrogen) atoms. The standard InChI is InChI=1S/C27H32FN7O2/c1-5-19(6-2)35-22(14-15-29-35)26(36)32-24(18-10-8-7-9-11-18)27(37)31-21-13-12-20(30-25(21)28)23-16(3)33-34-17(23)4/h5-6,12-15,18-19,24H,1-2,7-11H2,3-4H3,(H,31,37)(H,32,36)(H,33,34)/t24-/m0/s1. The van der Waals surface area contributed by atoms with Crippen molar-refractivity contribution in [3.8, 4) is 11.3 Å². The fourth-order valence-corrected chi connectivity index (χ4v) is 4.91. The van der Waals surface area contributed by atoms with Crippen LogP contribution in [0.15, 0.2) is 49.7 Å². The lowest BCUT2D eigenvalue weighted by molar-refractivity contribution is -0.119. The van der Waals surface area contributed by atoms with Crippen LogP contribution in [0.25, 0.3) is 11.3 Å². The van der Waals surface area contributed by atoms with Crippen LogP contribution in [0.4, 0.5) is 10.1 Å². The summed E-state index contributed by atoms with van der Waals surface area (Å²) in [7, 11) is 0. The molecule has 0 saturated heterocycles. The monoisotopic (exact) mass is 505 g/mol. The first-order valence-corrected chi connectivity index (χ1v) is 12.4. The lowest BCUT2D eigenvalue weighted by atomic mass is 9.83. The summed E-state index contributed by atoms with van der Waals surface area (Å²) in [5, 5.41) is 16.7. The molecule has 0 spiro atoms. The van der Waals surface area contributed by atoms with Gasteiger partial charge in [0.2, 0.25) is 11.9 Å². The van der Waals surface area contributed by atoms with Crippen molar-refractivity contribution in [1.29, 1.82) is 0 Å². The topological polar surface area (TPSA) is 118 Å². The minimum atomic E-state index is -0.848. The first kappa shape index (κ1) is 26.0. The molecule has 3 aromatic rings. The number of aromatic nitrogens is 5. The highest BCUT2D eigenvalue weighted by molar-refractivity contribution is 6.00. The number of hydrogen-bond donors (Lipinski definition) is 3. The van der Waals surface area contributed by atoms with Gasteiger partial charge in [-0.05, 0) is 50.8 Å². The summed E-state index contributed by atoms with van der Waals surface area (Å²) in [6.45, 7) is 11.2. The van der Waals surface area contributed by atoms with Gasteiger partial charge in [0.25, 0.3) is 5.91 Å². The van der Waals surface area contributed by atoms with Crippen molar-refractivity contribution in [3.63, 3.8) is 0 Å². The van der Waals surface area contributed by atoms with E-state index >= 15 is 4.39 Å². The Kier molecular flexibility index (Phi) is 7.95. The van der Waals surface area contributed by atoms with Gasteiger partial charge in [-0.3, -0.25) is 14.7 Å². The number of anilines is 1. The Bertz CT molecular complexity index is 1280. The van der Waals surface area contributed by atoms with Crippen LogP contribution in [0.3, 0.4) is 0 Å². The number of aryl methyl sites for hydroxylation is 2. The Labute approximate surface area is 215 Å². The minimum Gasteiger partial charge on any atom is -0.339 e. The Morgan fingerprint density at radius 1 is 1.16 bits per heavy atom. The van der Waals surface area contributed by atoms with Crippen LogP contribution in [0.5, 0.6) is 0 Å². The molecule has 3 N–H and O–H groups in total. The van der Waals surface area contributed by atoms with Gasteiger partial charge >= 0.3 is 0 Å². The molecule has 0 aromatic carbocycles.